The molecule has 0 radical (unpaired) electrons. The van der Waals surface area contributed by atoms with Crippen LogP contribution in [0.1, 0.15) is 30.7 Å². The smallest absolute Gasteiger partial charge is 0.232 e. The summed E-state index contributed by atoms with van der Waals surface area (Å²) in [6, 6.07) is 15.9. The van der Waals surface area contributed by atoms with Gasteiger partial charge < -0.3 is 15.0 Å². The highest BCUT2D eigenvalue weighted by molar-refractivity contribution is 5.99. The van der Waals surface area contributed by atoms with Gasteiger partial charge in [0.15, 0.2) is 0 Å². The third kappa shape index (κ3) is 2.84. The molecule has 124 valence electrons. The van der Waals surface area contributed by atoms with Crippen molar-refractivity contribution in [3.05, 3.63) is 54.1 Å². The number of amides is 1. The van der Waals surface area contributed by atoms with Crippen molar-refractivity contribution >= 4 is 17.3 Å². The largest absolute Gasteiger partial charge is 0.493 e. The molecule has 0 aliphatic carbocycles. The zero-order chi connectivity index (χ0) is 16.4. The minimum absolute atomic E-state index is 0.0531. The second kappa shape index (κ2) is 6.56. The third-order valence-electron chi connectivity index (χ3n) is 4.88. The molecular formula is C20H22N2O2. The summed E-state index contributed by atoms with van der Waals surface area (Å²) in [6.07, 6.45) is 3.15. The molecule has 4 rings (SSSR count). The zero-order valence-electron chi connectivity index (χ0n) is 13.7. The standard InChI is InChI=1S/C20H22N2O2/c23-20(16-11-14-24-19-10-4-1-7-15(16)19)21-17-8-2-3-9-18(17)22-12-5-6-13-22/h1-4,7-10,16H,5-6,11-14H2,(H,21,23). The topological polar surface area (TPSA) is 41.6 Å². The minimum Gasteiger partial charge on any atom is -0.493 e. The molecule has 0 spiro atoms. The number of nitrogens with one attached hydrogen (secondary N) is 1. The average molecular weight is 322 g/mol. The molecule has 24 heavy (non-hydrogen) atoms. The van der Waals surface area contributed by atoms with Crippen molar-refractivity contribution in [1.82, 2.24) is 0 Å². The number of hydrogen-bond acceptors (Lipinski definition) is 3. The van der Waals surface area contributed by atoms with Crippen molar-refractivity contribution in [2.75, 3.05) is 29.9 Å². The Kier molecular flexibility index (Phi) is 4.11. The number of ether oxygens (including phenoxy) is 1. The van der Waals surface area contributed by atoms with Gasteiger partial charge >= 0.3 is 0 Å². The van der Waals surface area contributed by atoms with Gasteiger partial charge in [0, 0.05) is 18.7 Å². The van der Waals surface area contributed by atoms with Crippen LogP contribution in [0.2, 0.25) is 0 Å². The molecule has 1 unspecified atom stereocenters. The molecule has 4 heteroatoms. The summed E-state index contributed by atoms with van der Waals surface area (Å²) in [5, 5.41) is 3.16. The highest BCUT2D eigenvalue weighted by Crippen LogP contribution is 2.35. The Labute approximate surface area is 142 Å². The van der Waals surface area contributed by atoms with Gasteiger partial charge in [-0.3, -0.25) is 4.79 Å². The van der Waals surface area contributed by atoms with Gasteiger partial charge in [0.25, 0.3) is 0 Å². The summed E-state index contributed by atoms with van der Waals surface area (Å²) in [5.74, 6) is 0.732. The van der Waals surface area contributed by atoms with E-state index in [1.807, 2.05) is 42.5 Å². The predicted octanol–water partition coefficient (Wildman–Crippen LogP) is 3.79. The molecule has 0 saturated carbocycles. The summed E-state index contributed by atoms with van der Waals surface area (Å²) in [7, 11) is 0. The minimum atomic E-state index is -0.151. The van der Waals surface area contributed by atoms with Gasteiger partial charge in [0.2, 0.25) is 5.91 Å². The van der Waals surface area contributed by atoms with E-state index in [0.717, 1.165) is 35.8 Å². The fourth-order valence-electron chi connectivity index (χ4n) is 3.65. The van der Waals surface area contributed by atoms with Crippen molar-refractivity contribution < 1.29 is 9.53 Å². The Morgan fingerprint density at radius 3 is 2.67 bits per heavy atom. The van der Waals surface area contributed by atoms with E-state index in [1.165, 1.54) is 12.8 Å². The van der Waals surface area contributed by atoms with Crippen LogP contribution in [-0.4, -0.2) is 25.6 Å². The number of benzene rings is 2. The molecule has 2 aliphatic rings. The van der Waals surface area contributed by atoms with Gasteiger partial charge in [-0.05, 0) is 37.5 Å². The fraction of sp³-hybridized carbons (Fsp3) is 0.350. The molecule has 1 amide bonds. The summed E-state index contributed by atoms with van der Waals surface area (Å²) >= 11 is 0. The molecule has 4 nitrogen and oxygen atoms in total. The number of rotatable bonds is 3. The number of anilines is 2. The van der Waals surface area contributed by atoms with E-state index < -0.39 is 0 Å². The lowest BCUT2D eigenvalue weighted by molar-refractivity contribution is -0.118. The van der Waals surface area contributed by atoms with Crippen LogP contribution < -0.4 is 15.0 Å². The monoisotopic (exact) mass is 322 g/mol. The predicted molar refractivity (Wildman–Crippen MR) is 95.8 cm³/mol. The summed E-state index contributed by atoms with van der Waals surface area (Å²) in [5.41, 5.74) is 3.02. The Morgan fingerprint density at radius 2 is 1.79 bits per heavy atom. The summed E-state index contributed by atoms with van der Waals surface area (Å²) < 4.78 is 5.67. The van der Waals surface area contributed by atoms with E-state index >= 15 is 0 Å². The van der Waals surface area contributed by atoms with Crippen LogP contribution in [0.25, 0.3) is 0 Å². The van der Waals surface area contributed by atoms with Gasteiger partial charge in [0.05, 0.1) is 23.9 Å². The van der Waals surface area contributed by atoms with E-state index in [-0.39, 0.29) is 11.8 Å². The molecule has 0 bridgehead atoms. The van der Waals surface area contributed by atoms with Gasteiger partial charge in [-0.15, -0.1) is 0 Å². The SMILES string of the molecule is O=C(Nc1ccccc1N1CCCC1)C1CCOc2ccccc21. The number of para-hydroxylation sites is 3. The van der Waals surface area contributed by atoms with Crippen molar-refractivity contribution in [2.45, 2.75) is 25.2 Å². The average Bonchev–Trinajstić information content (AvgIpc) is 3.16. The second-order valence-corrected chi connectivity index (χ2v) is 6.43. The first kappa shape index (κ1) is 15.1. The number of hydrogen-bond donors (Lipinski definition) is 1. The molecule has 2 aromatic carbocycles. The van der Waals surface area contributed by atoms with Crippen molar-refractivity contribution in [2.24, 2.45) is 0 Å². The van der Waals surface area contributed by atoms with Crippen LogP contribution in [0.15, 0.2) is 48.5 Å². The lowest BCUT2D eigenvalue weighted by Crippen LogP contribution is -2.27. The van der Waals surface area contributed by atoms with Gasteiger partial charge in [-0.2, -0.15) is 0 Å². The highest BCUT2D eigenvalue weighted by atomic mass is 16.5. The first-order valence-electron chi connectivity index (χ1n) is 8.69. The van der Waals surface area contributed by atoms with E-state index in [0.29, 0.717) is 13.0 Å². The molecule has 2 heterocycles. The number of carbonyl (C=O) groups excluding carboxylic acids is 1. The Hall–Kier alpha value is -2.49. The van der Waals surface area contributed by atoms with Gasteiger partial charge in [-0.25, -0.2) is 0 Å². The molecular weight excluding hydrogens is 300 g/mol. The molecule has 1 fully saturated rings. The van der Waals surface area contributed by atoms with Gasteiger partial charge in [0.1, 0.15) is 5.75 Å². The first-order chi connectivity index (χ1) is 11.8. The van der Waals surface area contributed by atoms with Crippen molar-refractivity contribution in [3.8, 4) is 5.75 Å². The van der Waals surface area contributed by atoms with Crippen LogP contribution >= 0.6 is 0 Å². The Morgan fingerprint density at radius 1 is 1.04 bits per heavy atom. The number of carbonyl (C=O) groups is 1. The Balaban J connectivity index is 1.57. The number of nitrogens with zero attached hydrogens (tertiary/aromatic N) is 1. The summed E-state index contributed by atoms with van der Waals surface area (Å²) in [4.78, 5) is 15.3. The van der Waals surface area contributed by atoms with Crippen molar-refractivity contribution in [1.29, 1.82) is 0 Å². The number of fused-ring (bicyclic) bond motifs is 1. The molecule has 1 N–H and O–H groups in total. The molecule has 1 atom stereocenters. The maximum absolute atomic E-state index is 12.9. The van der Waals surface area contributed by atoms with Gasteiger partial charge in [-0.1, -0.05) is 30.3 Å². The molecule has 2 aromatic rings. The van der Waals surface area contributed by atoms with Crippen LogP contribution in [0.4, 0.5) is 11.4 Å². The second-order valence-electron chi connectivity index (χ2n) is 6.43. The van der Waals surface area contributed by atoms with Crippen LogP contribution in [0.3, 0.4) is 0 Å². The van der Waals surface area contributed by atoms with E-state index in [4.69, 9.17) is 4.74 Å². The summed E-state index contributed by atoms with van der Waals surface area (Å²) in [6.45, 7) is 2.71. The van der Waals surface area contributed by atoms with E-state index in [2.05, 4.69) is 16.3 Å². The van der Waals surface area contributed by atoms with Crippen LogP contribution in [0, 0.1) is 0 Å². The third-order valence-corrected chi connectivity index (χ3v) is 4.88. The van der Waals surface area contributed by atoms with E-state index in [9.17, 15) is 4.79 Å². The molecule has 2 aliphatic heterocycles. The maximum atomic E-state index is 12.9. The molecule has 0 aromatic heterocycles. The lowest BCUT2D eigenvalue weighted by Gasteiger charge is -2.26. The fourth-order valence-corrected chi connectivity index (χ4v) is 3.65. The van der Waals surface area contributed by atoms with Crippen LogP contribution in [0.5, 0.6) is 5.75 Å². The Bertz CT molecular complexity index is 738. The lowest BCUT2D eigenvalue weighted by atomic mass is 9.92. The highest BCUT2D eigenvalue weighted by Gasteiger charge is 2.28. The quantitative estimate of drug-likeness (QED) is 0.935. The maximum Gasteiger partial charge on any atom is 0.232 e. The van der Waals surface area contributed by atoms with E-state index in [1.54, 1.807) is 0 Å². The van der Waals surface area contributed by atoms with Crippen LogP contribution in [-0.2, 0) is 4.79 Å². The van der Waals surface area contributed by atoms with Crippen molar-refractivity contribution in [3.63, 3.8) is 0 Å². The zero-order valence-corrected chi connectivity index (χ0v) is 13.7. The normalized spacial score (nSPS) is 19.5. The molecule has 1 saturated heterocycles. The first-order valence-corrected chi connectivity index (χ1v) is 8.69.